The Bertz CT molecular complexity index is 405. The van der Waals surface area contributed by atoms with Crippen molar-refractivity contribution in [1.29, 1.82) is 0 Å². The summed E-state index contributed by atoms with van der Waals surface area (Å²) in [7, 11) is 0. The fraction of sp³-hybridized carbons (Fsp3) is 0.500. The average Bonchev–Trinajstić information content (AvgIpc) is 2.32. The molecule has 1 aromatic rings. The van der Waals surface area contributed by atoms with Crippen LogP contribution in [0.15, 0.2) is 23.3 Å². The summed E-state index contributed by atoms with van der Waals surface area (Å²) >= 11 is 0. The summed E-state index contributed by atoms with van der Waals surface area (Å²) in [5.74, 6) is -0.285. The molecule has 1 heterocycles. The molecule has 2 N–H and O–H groups in total. The first-order valence-electron chi connectivity index (χ1n) is 5.21. The Morgan fingerprint density at radius 3 is 3.06 bits per heavy atom. The zero-order chi connectivity index (χ0) is 12.5. The number of ether oxygens (including phenoxy) is 1. The third-order valence-corrected chi connectivity index (χ3v) is 1.90. The summed E-state index contributed by atoms with van der Waals surface area (Å²) in [6, 6.07) is 1.58. The summed E-state index contributed by atoms with van der Waals surface area (Å²) < 4.78 is 6.17. The monoisotopic (exact) mass is 241 g/mol. The highest BCUT2D eigenvalue weighted by Crippen LogP contribution is 1.80. The first kappa shape index (κ1) is 13.3. The average molecular weight is 241 g/mol. The number of nitrogens with one attached hydrogen (secondary N) is 1. The summed E-state index contributed by atoms with van der Waals surface area (Å²) in [6.07, 6.45) is 2.87. The van der Waals surface area contributed by atoms with E-state index in [-0.39, 0.29) is 25.7 Å². The van der Waals surface area contributed by atoms with Crippen molar-refractivity contribution >= 4 is 5.91 Å². The van der Waals surface area contributed by atoms with Crippen LogP contribution in [-0.2, 0) is 16.1 Å². The van der Waals surface area contributed by atoms with E-state index in [4.69, 9.17) is 9.84 Å². The van der Waals surface area contributed by atoms with Gasteiger partial charge in [-0.2, -0.15) is 0 Å². The smallest absolute Gasteiger partial charge is 0.347 e. The number of aliphatic hydroxyl groups excluding tert-OH is 1. The molecule has 0 fully saturated rings. The van der Waals surface area contributed by atoms with Crippen molar-refractivity contribution in [3.05, 3.63) is 28.9 Å². The Balaban J connectivity index is 2.26. The summed E-state index contributed by atoms with van der Waals surface area (Å²) in [6.45, 7) is 0.811. The second-order valence-electron chi connectivity index (χ2n) is 3.22. The Kier molecular flexibility index (Phi) is 5.91. The molecule has 0 saturated carbocycles. The maximum atomic E-state index is 11.4. The molecule has 0 saturated heterocycles. The molecule has 0 radical (unpaired) electrons. The zero-order valence-electron chi connectivity index (χ0n) is 9.33. The number of carbonyl (C=O) groups excluding carboxylic acids is 1. The predicted molar refractivity (Wildman–Crippen MR) is 59.4 cm³/mol. The summed E-state index contributed by atoms with van der Waals surface area (Å²) in [5.41, 5.74) is -0.459. The van der Waals surface area contributed by atoms with Crippen molar-refractivity contribution in [3.63, 3.8) is 0 Å². The van der Waals surface area contributed by atoms with Crippen LogP contribution in [0.25, 0.3) is 0 Å². The molecule has 1 aromatic heterocycles. The molecule has 0 unspecified atom stereocenters. The molecular weight excluding hydrogens is 226 g/mol. The number of hydrogen-bond acceptors (Lipinski definition) is 5. The first-order chi connectivity index (χ1) is 8.24. The van der Waals surface area contributed by atoms with Crippen molar-refractivity contribution in [1.82, 2.24) is 14.9 Å². The lowest BCUT2D eigenvalue weighted by Crippen LogP contribution is -2.34. The number of hydrogen-bond donors (Lipinski definition) is 2. The second-order valence-corrected chi connectivity index (χ2v) is 3.22. The van der Waals surface area contributed by atoms with E-state index < -0.39 is 5.69 Å². The fourth-order valence-electron chi connectivity index (χ4n) is 1.15. The van der Waals surface area contributed by atoms with Gasteiger partial charge in [-0.1, -0.05) is 0 Å². The van der Waals surface area contributed by atoms with Gasteiger partial charge in [-0.05, 0) is 6.07 Å². The van der Waals surface area contributed by atoms with Gasteiger partial charge in [0, 0.05) is 18.9 Å². The topological polar surface area (TPSA) is 93.5 Å². The van der Waals surface area contributed by atoms with Crippen LogP contribution in [0.3, 0.4) is 0 Å². The van der Waals surface area contributed by atoms with Crippen molar-refractivity contribution in [2.45, 2.75) is 6.54 Å². The van der Waals surface area contributed by atoms with Crippen molar-refractivity contribution < 1.29 is 14.6 Å². The van der Waals surface area contributed by atoms with Crippen LogP contribution in [0.5, 0.6) is 0 Å². The van der Waals surface area contributed by atoms with Crippen molar-refractivity contribution in [3.8, 4) is 0 Å². The van der Waals surface area contributed by atoms with Crippen molar-refractivity contribution in [2.24, 2.45) is 0 Å². The molecular formula is C10H15N3O4. The molecule has 94 valence electrons. The maximum Gasteiger partial charge on any atom is 0.347 e. The van der Waals surface area contributed by atoms with Crippen LogP contribution in [0.4, 0.5) is 0 Å². The number of rotatable bonds is 7. The SMILES string of the molecule is O=C(Cn1cccnc1=O)NCCOCCO. The second kappa shape index (κ2) is 7.53. The number of aromatic nitrogens is 2. The number of aliphatic hydroxyl groups is 1. The van der Waals surface area contributed by atoms with Gasteiger partial charge >= 0.3 is 5.69 Å². The molecule has 7 heteroatoms. The number of carbonyl (C=O) groups is 1. The van der Waals surface area contributed by atoms with Crippen LogP contribution in [0.2, 0.25) is 0 Å². The summed E-state index contributed by atoms with van der Waals surface area (Å²) in [5, 5.41) is 11.0. The van der Waals surface area contributed by atoms with E-state index in [0.717, 1.165) is 0 Å². The minimum Gasteiger partial charge on any atom is -0.394 e. The van der Waals surface area contributed by atoms with E-state index in [0.29, 0.717) is 13.2 Å². The van der Waals surface area contributed by atoms with E-state index in [2.05, 4.69) is 10.3 Å². The highest BCUT2D eigenvalue weighted by molar-refractivity contribution is 5.75. The minimum atomic E-state index is -0.459. The molecule has 0 aromatic carbocycles. The summed E-state index contributed by atoms with van der Waals surface area (Å²) in [4.78, 5) is 26.1. The lowest BCUT2D eigenvalue weighted by atomic mass is 10.5. The standard InChI is InChI=1S/C10H15N3O4/c14-5-7-17-6-3-11-9(15)8-13-4-1-2-12-10(13)16/h1-2,4,14H,3,5-8H2,(H,11,15). The van der Waals surface area contributed by atoms with E-state index >= 15 is 0 Å². The third kappa shape index (κ3) is 5.23. The minimum absolute atomic E-state index is 0.0426. The fourth-order valence-corrected chi connectivity index (χ4v) is 1.15. The normalized spacial score (nSPS) is 10.2. The Morgan fingerprint density at radius 2 is 2.35 bits per heavy atom. The molecule has 7 nitrogen and oxygen atoms in total. The van der Waals surface area contributed by atoms with E-state index in [1.165, 1.54) is 17.0 Å². The zero-order valence-corrected chi connectivity index (χ0v) is 9.33. The maximum absolute atomic E-state index is 11.4. The molecule has 1 amide bonds. The Labute approximate surface area is 98.1 Å². The predicted octanol–water partition coefficient (Wildman–Crippen LogP) is -1.63. The van der Waals surface area contributed by atoms with Gasteiger partial charge in [0.1, 0.15) is 6.54 Å². The quantitative estimate of drug-likeness (QED) is 0.559. The van der Waals surface area contributed by atoms with E-state index in [1.54, 1.807) is 6.07 Å². The lowest BCUT2D eigenvalue weighted by Gasteiger charge is -2.06. The Morgan fingerprint density at radius 1 is 1.53 bits per heavy atom. The van der Waals surface area contributed by atoms with Crippen LogP contribution in [0, 0.1) is 0 Å². The highest BCUT2D eigenvalue weighted by atomic mass is 16.5. The third-order valence-electron chi connectivity index (χ3n) is 1.90. The Hall–Kier alpha value is -1.73. The molecule has 0 spiro atoms. The molecule has 0 aliphatic carbocycles. The molecule has 17 heavy (non-hydrogen) atoms. The van der Waals surface area contributed by atoms with Crippen LogP contribution in [0.1, 0.15) is 0 Å². The first-order valence-corrected chi connectivity index (χ1v) is 5.21. The van der Waals surface area contributed by atoms with Gasteiger partial charge < -0.3 is 15.2 Å². The van der Waals surface area contributed by atoms with Gasteiger partial charge in [0.15, 0.2) is 0 Å². The lowest BCUT2D eigenvalue weighted by molar-refractivity contribution is -0.122. The largest absolute Gasteiger partial charge is 0.394 e. The van der Waals surface area contributed by atoms with Crippen molar-refractivity contribution in [2.75, 3.05) is 26.4 Å². The highest BCUT2D eigenvalue weighted by Gasteiger charge is 2.03. The number of amides is 1. The van der Waals surface area contributed by atoms with E-state index in [1.807, 2.05) is 0 Å². The molecule has 0 aliphatic rings. The van der Waals surface area contributed by atoms with Gasteiger partial charge in [0.2, 0.25) is 5.91 Å². The van der Waals surface area contributed by atoms with Crippen LogP contribution in [-0.4, -0.2) is 46.9 Å². The van der Waals surface area contributed by atoms with Gasteiger partial charge in [0.05, 0.1) is 19.8 Å². The van der Waals surface area contributed by atoms with Gasteiger partial charge in [-0.15, -0.1) is 0 Å². The molecule has 0 atom stereocenters. The van der Waals surface area contributed by atoms with Gasteiger partial charge in [-0.3, -0.25) is 9.36 Å². The molecule has 1 rings (SSSR count). The molecule has 0 aliphatic heterocycles. The van der Waals surface area contributed by atoms with Crippen LogP contribution >= 0.6 is 0 Å². The van der Waals surface area contributed by atoms with Crippen LogP contribution < -0.4 is 11.0 Å². The number of nitrogens with zero attached hydrogens (tertiary/aromatic N) is 2. The van der Waals surface area contributed by atoms with E-state index in [9.17, 15) is 9.59 Å². The van der Waals surface area contributed by atoms with Gasteiger partial charge in [-0.25, -0.2) is 9.78 Å². The van der Waals surface area contributed by atoms with Gasteiger partial charge in [0.25, 0.3) is 0 Å². The molecule has 0 bridgehead atoms.